The van der Waals surface area contributed by atoms with E-state index < -0.39 is 5.97 Å². The third-order valence-electron chi connectivity index (χ3n) is 4.45. The van der Waals surface area contributed by atoms with Gasteiger partial charge in [0.15, 0.2) is 11.0 Å². The number of carbonyl (C=O) groups excluding carboxylic acids is 2. The first-order valence-electron chi connectivity index (χ1n) is 9.63. The molecule has 0 saturated carbocycles. The van der Waals surface area contributed by atoms with E-state index in [0.29, 0.717) is 16.4 Å². The molecule has 0 aliphatic carbocycles. The normalized spacial score (nSPS) is 10.7. The number of aromatic nitrogens is 3. The number of carbonyl (C=O) groups is 2. The Morgan fingerprint density at radius 3 is 2.29 bits per heavy atom. The Morgan fingerprint density at radius 2 is 1.71 bits per heavy atom. The number of amides is 1. The zero-order chi connectivity index (χ0) is 22.4. The van der Waals surface area contributed by atoms with Crippen LogP contribution in [0.5, 0.6) is 5.75 Å². The molecule has 1 N–H and O–H groups in total. The van der Waals surface area contributed by atoms with Gasteiger partial charge >= 0.3 is 5.97 Å². The molecule has 0 fully saturated rings. The monoisotopic (exact) mass is 440 g/mol. The molecule has 0 saturated heterocycles. The summed E-state index contributed by atoms with van der Waals surface area (Å²) in [5.41, 5.74) is 1.94. The lowest BCUT2D eigenvalue weighted by Gasteiger charge is -2.14. The second-order valence-corrected chi connectivity index (χ2v) is 7.85. The van der Waals surface area contributed by atoms with Gasteiger partial charge in [-0.25, -0.2) is 4.79 Å². The molecule has 1 amide bonds. The number of rotatable bonds is 8. The van der Waals surface area contributed by atoms with Crippen LogP contribution >= 0.6 is 11.8 Å². The van der Waals surface area contributed by atoms with E-state index in [1.165, 1.54) is 18.9 Å². The maximum atomic E-state index is 12.4. The fourth-order valence-corrected chi connectivity index (χ4v) is 3.78. The predicted octanol–water partition coefficient (Wildman–Crippen LogP) is 4.05. The molecular weight excluding hydrogens is 416 g/mol. The van der Waals surface area contributed by atoms with Gasteiger partial charge in [0.25, 0.3) is 0 Å². The van der Waals surface area contributed by atoms with Gasteiger partial charge in [-0.3, -0.25) is 9.36 Å². The number of benzene rings is 2. The van der Waals surface area contributed by atoms with E-state index >= 15 is 0 Å². The zero-order valence-corrected chi connectivity index (χ0v) is 18.6. The molecule has 2 aromatic carbocycles. The molecular formula is C22H24N4O4S. The zero-order valence-electron chi connectivity index (χ0n) is 17.8. The first-order valence-corrected chi connectivity index (χ1v) is 10.6. The minimum Gasteiger partial charge on any atom is -0.497 e. The van der Waals surface area contributed by atoms with Crippen LogP contribution in [-0.4, -0.2) is 46.6 Å². The number of anilines is 1. The van der Waals surface area contributed by atoms with Crippen molar-refractivity contribution in [1.29, 1.82) is 0 Å². The summed E-state index contributed by atoms with van der Waals surface area (Å²) in [7, 11) is 2.95. The summed E-state index contributed by atoms with van der Waals surface area (Å²) in [6.07, 6.45) is 0. The lowest BCUT2D eigenvalue weighted by molar-refractivity contribution is -0.113. The van der Waals surface area contributed by atoms with E-state index in [0.717, 1.165) is 17.1 Å². The summed E-state index contributed by atoms with van der Waals surface area (Å²) in [5, 5.41) is 12.1. The number of hydrogen-bond donors (Lipinski definition) is 1. The van der Waals surface area contributed by atoms with E-state index in [-0.39, 0.29) is 17.7 Å². The summed E-state index contributed by atoms with van der Waals surface area (Å²) in [5.74, 6) is 1.07. The number of nitrogens with zero attached hydrogens (tertiary/aromatic N) is 3. The van der Waals surface area contributed by atoms with Crippen molar-refractivity contribution in [3.05, 3.63) is 54.1 Å². The van der Waals surface area contributed by atoms with Crippen molar-refractivity contribution in [3.8, 4) is 17.1 Å². The van der Waals surface area contributed by atoms with Crippen LogP contribution in [0.15, 0.2) is 53.7 Å². The van der Waals surface area contributed by atoms with Crippen molar-refractivity contribution in [2.45, 2.75) is 25.0 Å². The van der Waals surface area contributed by atoms with Gasteiger partial charge in [-0.15, -0.1) is 10.2 Å². The number of thioether (sulfide) groups is 1. The van der Waals surface area contributed by atoms with Gasteiger partial charge in [-0.05, 0) is 62.4 Å². The van der Waals surface area contributed by atoms with Gasteiger partial charge in [0, 0.05) is 17.3 Å². The second kappa shape index (κ2) is 10.1. The fraction of sp³-hybridized carbons (Fsp3) is 0.273. The summed E-state index contributed by atoms with van der Waals surface area (Å²) >= 11 is 1.32. The van der Waals surface area contributed by atoms with Crippen LogP contribution in [0.3, 0.4) is 0 Å². The van der Waals surface area contributed by atoms with Crippen molar-refractivity contribution >= 4 is 29.3 Å². The number of ether oxygens (including phenoxy) is 2. The smallest absolute Gasteiger partial charge is 0.337 e. The van der Waals surface area contributed by atoms with E-state index in [2.05, 4.69) is 20.3 Å². The first-order chi connectivity index (χ1) is 14.9. The van der Waals surface area contributed by atoms with Gasteiger partial charge in [0.1, 0.15) is 5.75 Å². The van der Waals surface area contributed by atoms with Crippen LogP contribution in [-0.2, 0) is 9.53 Å². The number of esters is 1. The Labute approximate surface area is 185 Å². The average Bonchev–Trinajstić information content (AvgIpc) is 3.22. The Kier molecular flexibility index (Phi) is 7.30. The van der Waals surface area contributed by atoms with Crippen LogP contribution in [0.2, 0.25) is 0 Å². The summed E-state index contributed by atoms with van der Waals surface area (Å²) < 4.78 is 11.9. The van der Waals surface area contributed by atoms with Crippen LogP contribution in [0.1, 0.15) is 30.2 Å². The Hall–Kier alpha value is -3.33. The highest BCUT2D eigenvalue weighted by atomic mass is 32.2. The molecule has 1 aromatic heterocycles. The van der Waals surface area contributed by atoms with Gasteiger partial charge < -0.3 is 14.8 Å². The molecule has 9 heteroatoms. The van der Waals surface area contributed by atoms with E-state index in [1.807, 2.05) is 42.7 Å². The Balaban J connectivity index is 1.67. The largest absolute Gasteiger partial charge is 0.497 e. The van der Waals surface area contributed by atoms with Crippen molar-refractivity contribution in [3.63, 3.8) is 0 Å². The minimum atomic E-state index is -0.422. The number of nitrogens with one attached hydrogen (secondary N) is 1. The van der Waals surface area contributed by atoms with Crippen molar-refractivity contribution in [1.82, 2.24) is 14.8 Å². The minimum absolute atomic E-state index is 0.114. The number of methoxy groups -OCH3 is 2. The molecule has 8 nitrogen and oxygen atoms in total. The van der Waals surface area contributed by atoms with Crippen molar-refractivity contribution < 1.29 is 19.1 Å². The third kappa shape index (κ3) is 5.43. The van der Waals surface area contributed by atoms with Crippen molar-refractivity contribution in [2.75, 3.05) is 25.3 Å². The summed E-state index contributed by atoms with van der Waals surface area (Å²) in [6.45, 7) is 4.09. The van der Waals surface area contributed by atoms with Gasteiger partial charge in [0.2, 0.25) is 5.91 Å². The van der Waals surface area contributed by atoms with Crippen LogP contribution in [0, 0.1) is 0 Å². The highest BCUT2D eigenvalue weighted by molar-refractivity contribution is 7.99. The number of hydrogen-bond acceptors (Lipinski definition) is 7. The second-order valence-electron chi connectivity index (χ2n) is 6.90. The van der Waals surface area contributed by atoms with E-state index in [9.17, 15) is 9.59 Å². The maximum absolute atomic E-state index is 12.4. The van der Waals surface area contributed by atoms with Gasteiger partial charge in [-0.2, -0.15) is 0 Å². The lowest BCUT2D eigenvalue weighted by atomic mass is 10.2. The fourth-order valence-electron chi connectivity index (χ4n) is 2.91. The molecule has 162 valence electrons. The molecule has 0 aliphatic rings. The Bertz CT molecular complexity index is 1050. The molecule has 0 unspecified atom stereocenters. The molecule has 3 aromatic rings. The molecule has 3 rings (SSSR count). The topological polar surface area (TPSA) is 95.3 Å². The van der Waals surface area contributed by atoms with Crippen LogP contribution in [0.4, 0.5) is 5.69 Å². The standard InChI is InChI=1S/C22H24N4O4S/c1-14(2)26-20(15-7-11-18(29-3)12-8-15)24-25-22(26)31-13-19(27)23-17-9-5-16(6-10-17)21(28)30-4/h5-12,14H,13H2,1-4H3,(H,23,27). The van der Waals surface area contributed by atoms with E-state index in [1.54, 1.807) is 31.4 Å². The highest BCUT2D eigenvalue weighted by Gasteiger charge is 2.18. The lowest BCUT2D eigenvalue weighted by Crippen LogP contribution is -2.15. The maximum Gasteiger partial charge on any atom is 0.337 e. The molecule has 1 heterocycles. The quantitative estimate of drug-likeness (QED) is 0.417. The molecule has 0 radical (unpaired) electrons. The summed E-state index contributed by atoms with van der Waals surface area (Å²) in [4.78, 5) is 23.9. The Morgan fingerprint density at radius 1 is 1.03 bits per heavy atom. The van der Waals surface area contributed by atoms with E-state index in [4.69, 9.17) is 4.74 Å². The van der Waals surface area contributed by atoms with Gasteiger partial charge in [-0.1, -0.05) is 11.8 Å². The molecule has 0 aliphatic heterocycles. The molecule has 31 heavy (non-hydrogen) atoms. The predicted molar refractivity (Wildman–Crippen MR) is 120 cm³/mol. The van der Waals surface area contributed by atoms with Crippen LogP contribution in [0.25, 0.3) is 11.4 Å². The molecule has 0 bridgehead atoms. The highest BCUT2D eigenvalue weighted by Crippen LogP contribution is 2.28. The molecule has 0 spiro atoms. The molecule has 0 atom stereocenters. The average molecular weight is 441 g/mol. The third-order valence-corrected chi connectivity index (χ3v) is 5.39. The van der Waals surface area contributed by atoms with Crippen LogP contribution < -0.4 is 10.1 Å². The SMILES string of the molecule is COC(=O)c1ccc(NC(=O)CSc2nnc(-c3ccc(OC)cc3)n2C(C)C)cc1. The van der Waals surface area contributed by atoms with Crippen molar-refractivity contribution in [2.24, 2.45) is 0 Å². The van der Waals surface area contributed by atoms with Gasteiger partial charge in [0.05, 0.1) is 25.5 Å². The first kappa shape index (κ1) is 22.4. The summed E-state index contributed by atoms with van der Waals surface area (Å²) in [6, 6.07) is 14.3.